The lowest BCUT2D eigenvalue weighted by atomic mass is 10.2. The first-order valence-corrected chi connectivity index (χ1v) is 4.66. The van der Waals surface area contributed by atoms with Crippen LogP contribution in [0.25, 0.3) is 5.32 Å². The van der Waals surface area contributed by atoms with Crippen molar-refractivity contribution in [3.63, 3.8) is 0 Å². The molecule has 3 nitrogen and oxygen atoms in total. The maximum atomic E-state index is 11.2. The summed E-state index contributed by atoms with van der Waals surface area (Å²) in [5.74, 6) is 0.0245. The highest BCUT2D eigenvalue weighted by atomic mass is 16.3. The van der Waals surface area contributed by atoms with Crippen molar-refractivity contribution in [3.8, 4) is 5.75 Å². The molecule has 1 aromatic carbocycles. The molecule has 0 aliphatic carbocycles. The molecule has 0 fully saturated rings. The van der Waals surface area contributed by atoms with E-state index in [1.165, 1.54) is 0 Å². The molecule has 1 rings (SSSR count). The standard InChI is InChI=1S/C11H15N2O/c1-12-7-4-8-13-9-10-5-2-3-6-11(10)14/h2-3,5-6,9,14H,4,7-8H2,1H3/q-1/p-1. The maximum Gasteiger partial charge on any atom is 0.0373 e. The third kappa shape index (κ3) is 3.58. The van der Waals surface area contributed by atoms with E-state index in [4.69, 9.17) is 0 Å². The van der Waals surface area contributed by atoms with E-state index in [9.17, 15) is 5.11 Å². The fourth-order valence-electron chi connectivity index (χ4n) is 1.07. The van der Waals surface area contributed by atoms with Gasteiger partial charge in [-0.1, -0.05) is 30.7 Å². The van der Waals surface area contributed by atoms with E-state index in [0.717, 1.165) is 19.5 Å². The Bertz CT molecular complexity index is 297. The second kappa shape index (κ2) is 6.16. The van der Waals surface area contributed by atoms with Crippen molar-refractivity contribution in [3.05, 3.63) is 35.1 Å². The minimum atomic E-state index is 0.0245. The van der Waals surface area contributed by atoms with Crippen LogP contribution in [-0.4, -0.2) is 26.4 Å². The Kier molecular flexibility index (Phi) is 4.72. The summed E-state index contributed by atoms with van der Waals surface area (Å²) in [4.78, 5) is 4.15. The van der Waals surface area contributed by atoms with Gasteiger partial charge in [0, 0.05) is 12.8 Å². The van der Waals surface area contributed by atoms with Gasteiger partial charge in [0.05, 0.1) is 0 Å². The summed E-state index contributed by atoms with van der Waals surface area (Å²) in [5.41, 5.74) is 0.654. The van der Waals surface area contributed by atoms with Crippen molar-refractivity contribution < 1.29 is 5.11 Å². The number of hydrogen-bond acceptors (Lipinski definition) is 2. The van der Waals surface area contributed by atoms with Crippen molar-refractivity contribution in [2.45, 2.75) is 6.42 Å². The van der Waals surface area contributed by atoms with Crippen molar-refractivity contribution in [1.82, 2.24) is 0 Å². The molecule has 0 unspecified atom stereocenters. The van der Waals surface area contributed by atoms with E-state index >= 15 is 0 Å². The van der Waals surface area contributed by atoms with Crippen LogP contribution in [-0.2, 0) is 0 Å². The van der Waals surface area contributed by atoms with Crippen molar-refractivity contribution in [1.29, 1.82) is 0 Å². The monoisotopic (exact) mass is 190 g/mol. The number of benzene rings is 1. The van der Waals surface area contributed by atoms with Gasteiger partial charge in [0.1, 0.15) is 0 Å². The van der Waals surface area contributed by atoms with E-state index < -0.39 is 0 Å². The Labute approximate surface area is 84.5 Å². The van der Waals surface area contributed by atoms with Gasteiger partial charge in [-0.15, -0.1) is 12.3 Å². The summed E-state index contributed by atoms with van der Waals surface area (Å²) in [6, 6.07) is 6.89. The van der Waals surface area contributed by atoms with E-state index in [1.54, 1.807) is 31.5 Å². The predicted molar refractivity (Wildman–Crippen MR) is 57.1 cm³/mol. The van der Waals surface area contributed by atoms with Crippen molar-refractivity contribution >= 4 is 6.21 Å². The van der Waals surface area contributed by atoms with Gasteiger partial charge >= 0.3 is 0 Å². The zero-order valence-corrected chi connectivity index (χ0v) is 8.31. The largest absolute Gasteiger partial charge is 0.872 e. The van der Waals surface area contributed by atoms with Gasteiger partial charge in [-0.05, 0) is 5.56 Å². The Morgan fingerprint density at radius 2 is 2.21 bits per heavy atom. The second-order valence-electron chi connectivity index (χ2n) is 2.97. The fraction of sp³-hybridized carbons (Fsp3) is 0.364. The van der Waals surface area contributed by atoms with Crippen LogP contribution in [0.1, 0.15) is 12.0 Å². The molecule has 0 spiro atoms. The lowest BCUT2D eigenvalue weighted by molar-refractivity contribution is -0.268. The zero-order chi connectivity index (χ0) is 10.2. The lowest BCUT2D eigenvalue weighted by Gasteiger charge is -2.09. The summed E-state index contributed by atoms with van der Waals surface area (Å²) < 4.78 is 0. The van der Waals surface area contributed by atoms with E-state index in [2.05, 4.69) is 10.3 Å². The SMILES string of the molecule is C[N-]CCCN=Cc1ccccc1[O-]. The molecule has 0 radical (unpaired) electrons. The van der Waals surface area contributed by atoms with Gasteiger partial charge in [0.25, 0.3) is 0 Å². The van der Waals surface area contributed by atoms with E-state index in [0.29, 0.717) is 5.56 Å². The second-order valence-corrected chi connectivity index (χ2v) is 2.97. The molecule has 14 heavy (non-hydrogen) atoms. The quantitative estimate of drug-likeness (QED) is 0.513. The smallest absolute Gasteiger partial charge is 0.0373 e. The topological polar surface area (TPSA) is 49.5 Å². The first-order chi connectivity index (χ1) is 6.84. The summed E-state index contributed by atoms with van der Waals surface area (Å²) in [5, 5.41) is 15.2. The zero-order valence-electron chi connectivity index (χ0n) is 8.31. The Morgan fingerprint density at radius 3 is 2.93 bits per heavy atom. The Balaban J connectivity index is 2.40. The van der Waals surface area contributed by atoms with Crippen LogP contribution in [0.2, 0.25) is 0 Å². The van der Waals surface area contributed by atoms with Crippen molar-refractivity contribution in [2.75, 3.05) is 20.1 Å². The third-order valence-electron chi connectivity index (χ3n) is 1.82. The average molecular weight is 190 g/mol. The molecular weight excluding hydrogens is 176 g/mol. The summed E-state index contributed by atoms with van der Waals surface area (Å²) >= 11 is 0. The molecule has 0 aliphatic rings. The average Bonchev–Trinajstić information content (AvgIpc) is 2.20. The number of hydrogen-bond donors (Lipinski definition) is 0. The molecule has 76 valence electrons. The molecule has 0 aliphatic heterocycles. The van der Waals surface area contributed by atoms with Gasteiger partial charge in [-0.25, -0.2) is 0 Å². The van der Waals surface area contributed by atoms with Crippen molar-refractivity contribution in [2.24, 2.45) is 4.99 Å². The van der Waals surface area contributed by atoms with Crippen LogP contribution in [0.3, 0.4) is 0 Å². The Morgan fingerprint density at radius 1 is 1.43 bits per heavy atom. The minimum absolute atomic E-state index is 0.0245. The molecule has 0 amide bonds. The highest BCUT2D eigenvalue weighted by Crippen LogP contribution is 2.08. The molecule has 1 aromatic rings. The molecule has 0 N–H and O–H groups in total. The van der Waals surface area contributed by atoms with Gasteiger partial charge in [0.2, 0.25) is 0 Å². The van der Waals surface area contributed by atoms with Gasteiger partial charge in [-0.2, -0.15) is 7.05 Å². The minimum Gasteiger partial charge on any atom is -0.872 e. The van der Waals surface area contributed by atoms with Crippen LogP contribution in [0.4, 0.5) is 0 Å². The molecule has 0 bridgehead atoms. The summed E-state index contributed by atoms with van der Waals surface area (Å²) in [6.45, 7) is 1.56. The van der Waals surface area contributed by atoms with Gasteiger partial charge < -0.3 is 10.4 Å². The highest BCUT2D eigenvalue weighted by molar-refractivity contribution is 5.82. The first kappa shape index (κ1) is 10.7. The Hall–Kier alpha value is -1.35. The number of para-hydroxylation sites is 1. The van der Waals surface area contributed by atoms with E-state index in [1.807, 2.05) is 6.07 Å². The summed E-state index contributed by atoms with van der Waals surface area (Å²) in [7, 11) is 1.79. The van der Waals surface area contributed by atoms with Crippen LogP contribution < -0.4 is 5.11 Å². The number of rotatable bonds is 5. The molecular formula is C11H14N2O-2. The van der Waals surface area contributed by atoms with Gasteiger partial charge in [-0.3, -0.25) is 4.99 Å². The lowest BCUT2D eigenvalue weighted by Crippen LogP contribution is -1.96. The van der Waals surface area contributed by atoms with Crippen LogP contribution >= 0.6 is 0 Å². The number of aliphatic imine (C=N–C) groups is 1. The summed E-state index contributed by atoms with van der Waals surface area (Å²) in [6.07, 6.45) is 2.58. The molecule has 0 aromatic heterocycles. The first-order valence-electron chi connectivity index (χ1n) is 4.66. The van der Waals surface area contributed by atoms with Crippen LogP contribution in [0.15, 0.2) is 29.3 Å². The fourth-order valence-corrected chi connectivity index (χ4v) is 1.07. The molecule has 0 atom stereocenters. The van der Waals surface area contributed by atoms with Crippen LogP contribution in [0.5, 0.6) is 5.75 Å². The van der Waals surface area contributed by atoms with E-state index in [-0.39, 0.29) is 5.75 Å². The normalized spacial score (nSPS) is 10.9. The molecule has 0 saturated heterocycles. The van der Waals surface area contributed by atoms with Crippen LogP contribution in [0, 0.1) is 0 Å². The predicted octanol–water partition coefficient (Wildman–Crippen LogP) is 1.57. The maximum absolute atomic E-state index is 11.2. The molecule has 0 heterocycles. The number of nitrogens with zero attached hydrogens (tertiary/aromatic N) is 2. The molecule has 0 saturated carbocycles. The highest BCUT2D eigenvalue weighted by Gasteiger charge is 1.85. The van der Waals surface area contributed by atoms with Gasteiger partial charge in [0.15, 0.2) is 0 Å². The molecule has 3 heteroatoms. The third-order valence-corrected chi connectivity index (χ3v) is 1.82.